The topological polar surface area (TPSA) is 88.2 Å². The van der Waals surface area contributed by atoms with Crippen LogP contribution in [0.4, 0.5) is 18.0 Å². The minimum absolute atomic E-state index is 0.0662. The van der Waals surface area contributed by atoms with Gasteiger partial charge in [0.25, 0.3) is 5.91 Å². The van der Waals surface area contributed by atoms with E-state index in [9.17, 15) is 27.6 Å². The number of alkyl halides is 3. The molecular weight excluding hydrogens is 479 g/mol. The minimum atomic E-state index is -4.83. The van der Waals surface area contributed by atoms with Gasteiger partial charge in [-0.25, -0.2) is 4.79 Å². The fourth-order valence-electron chi connectivity index (χ4n) is 4.23. The second-order valence-electron chi connectivity index (χ2n) is 9.65. The molecule has 2 aliphatic heterocycles. The minimum Gasteiger partial charge on any atom is -0.444 e. The summed E-state index contributed by atoms with van der Waals surface area (Å²) in [6.07, 6.45) is -5.32. The Labute approximate surface area is 205 Å². The van der Waals surface area contributed by atoms with Crippen LogP contribution in [0.5, 0.6) is 5.75 Å². The monoisotopic (exact) mass is 505 g/mol. The Bertz CT molecular complexity index is 1170. The average molecular weight is 505 g/mol. The molecule has 2 aromatic carbocycles. The quantitative estimate of drug-likeness (QED) is 0.663. The number of fused-ring (bicyclic) bond motifs is 1. The fourth-order valence-corrected chi connectivity index (χ4v) is 4.23. The zero-order valence-electron chi connectivity index (χ0n) is 20.0. The molecule has 0 radical (unpaired) electrons. The number of hydrogen-bond acceptors (Lipinski definition) is 5. The van der Waals surface area contributed by atoms with Crippen molar-refractivity contribution in [2.24, 2.45) is 0 Å². The van der Waals surface area contributed by atoms with Gasteiger partial charge in [0.2, 0.25) is 5.91 Å². The Kier molecular flexibility index (Phi) is 6.59. The van der Waals surface area contributed by atoms with E-state index in [4.69, 9.17) is 4.74 Å². The van der Waals surface area contributed by atoms with Crippen molar-refractivity contribution >= 4 is 17.9 Å². The number of hydrogen-bond donors (Lipinski definition) is 1. The number of amides is 3. The van der Waals surface area contributed by atoms with Gasteiger partial charge >= 0.3 is 12.5 Å². The van der Waals surface area contributed by atoms with Crippen molar-refractivity contribution in [1.29, 1.82) is 0 Å². The molecule has 8 nitrogen and oxygen atoms in total. The maximum atomic E-state index is 13.3. The summed E-state index contributed by atoms with van der Waals surface area (Å²) in [5.41, 5.74) is 0.667. The number of nitrogens with one attached hydrogen (secondary N) is 1. The maximum absolute atomic E-state index is 13.3. The van der Waals surface area contributed by atoms with Crippen molar-refractivity contribution in [3.05, 3.63) is 65.2 Å². The summed E-state index contributed by atoms with van der Waals surface area (Å²) in [7, 11) is 0. The number of likely N-dealkylation sites (tertiary alicyclic amines) is 1. The summed E-state index contributed by atoms with van der Waals surface area (Å²) in [6, 6.07) is 10.7. The van der Waals surface area contributed by atoms with Gasteiger partial charge in [0.05, 0.1) is 6.04 Å². The molecule has 3 amide bonds. The van der Waals surface area contributed by atoms with Crippen molar-refractivity contribution in [1.82, 2.24) is 15.1 Å². The number of rotatable bonds is 5. The molecule has 1 fully saturated rings. The van der Waals surface area contributed by atoms with Gasteiger partial charge in [0, 0.05) is 25.2 Å². The first-order valence-electron chi connectivity index (χ1n) is 11.3. The summed E-state index contributed by atoms with van der Waals surface area (Å²) in [6.45, 7) is 5.64. The van der Waals surface area contributed by atoms with Gasteiger partial charge in [0.1, 0.15) is 17.4 Å². The highest BCUT2D eigenvalue weighted by molar-refractivity contribution is 6.05. The van der Waals surface area contributed by atoms with Crippen LogP contribution in [-0.4, -0.2) is 58.8 Å². The highest BCUT2D eigenvalue weighted by atomic mass is 19.4. The average Bonchev–Trinajstić information content (AvgIpc) is 3.01. The van der Waals surface area contributed by atoms with E-state index in [2.05, 4.69) is 10.1 Å². The lowest BCUT2D eigenvalue weighted by Crippen LogP contribution is -2.63. The summed E-state index contributed by atoms with van der Waals surface area (Å²) in [5, 5.41) is 2.72. The molecule has 2 aliphatic rings. The van der Waals surface area contributed by atoms with E-state index in [0.29, 0.717) is 16.7 Å². The molecule has 0 spiro atoms. The Balaban J connectivity index is 1.47. The summed E-state index contributed by atoms with van der Waals surface area (Å²) in [5.74, 6) is -1.19. The molecule has 4 rings (SSSR count). The lowest BCUT2D eigenvalue weighted by Gasteiger charge is -2.45. The van der Waals surface area contributed by atoms with E-state index in [1.807, 2.05) is 0 Å². The zero-order chi connectivity index (χ0) is 26.3. The molecule has 0 saturated carbocycles. The number of halogens is 3. The van der Waals surface area contributed by atoms with E-state index in [-0.39, 0.29) is 25.5 Å². The second-order valence-corrected chi connectivity index (χ2v) is 9.65. The van der Waals surface area contributed by atoms with Crippen LogP contribution in [0, 0.1) is 0 Å². The molecule has 2 heterocycles. The van der Waals surface area contributed by atoms with E-state index >= 15 is 0 Å². The lowest BCUT2D eigenvalue weighted by molar-refractivity contribution is -0.274. The van der Waals surface area contributed by atoms with Gasteiger partial charge in [-0.15, -0.1) is 13.2 Å². The Morgan fingerprint density at radius 2 is 1.75 bits per heavy atom. The van der Waals surface area contributed by atoms with Crippen LogP contribution in [0.15, 0.2) is 48.5 Å². The number of ether oxygens (including phenoxy) is 2. The van der Waals surface area contributed by atoms with Gasteiger partial charge in [0.15, 0.2) is 0 Å². The second kappa shape index (κ2) is 9.36. The van der Waals surface area contributed by atoms with Crippen LogP contribution in [0.25, 0.3) is 0 Å². The smallest absolute Gasteiger partial charge is 0.444 e. The predicted molar refractivity (Wildman–Crippen MR) is 122 cm³/mol. The predicted octanol–water partition coefficient (Wildman–Crippen LogP) is 4.02. The molecule has 1 N–H and O–H groups in total. The van der Waals surface area contributed by atoms with Gasteiger partial charge in [-0.05, 0) is 50.1 Å². The molecular formula is C25H26F3N3O5. The molecule has 192 valence electrons. The van der Waals surface area contributed by atoms with Crippen molar-refractivity contribution < 1.29 is 37.0 Å². The zero-order valence-corrected chi connectivity index (χ0v) is 20.0. The highest BCUT2D eigenvalue weighted by Gasteiger charge is 2.49. The van der Waals surface area contributed by atoms with E-state index in [1.165, 1.54) is 28.0 Å². The van der Waals surface area contributed by atoms with Crippen LogP contribution >= 0.6 is 0 Å². The molecule has 1 saturated heterocycles. The third kappa shape index (κ3) is 5.55. The van der Waals surface area contributed by atoms with Gasteiger partial charge in [-0.1, -0.05) is 30.3 Å². The maximum Gasteiger partial charge on any atom is 0.573 e. The van der Waals surface area contributed by atoms with Crippen LogP contribution in [0.3, 0.4) is 0 Å². The molecule has 1 unspecified atom stereocenters. The molecule has 1 atom stereocenters. The molecule has 0 aliphatic carbocycles. The molecule has 11 heteroatoms. The number of benzene rings is 2. The highest BCUT2D eigenvalue weighted by Crippen LogP contribution is 2.38. The van der Waals surface area contributed by atoms with Gasteiger partial charge in [-0.2, -0.15) is 0 Å². The standard InChI is InChI=1S/C25H26F3N3O5/c1-24(2,3)36-23(34)30-13-16(14-30)31-20(18-9-4-5-10-19(18)22(31)33)21(32)29-12-15-7-6-8-17(11-15)35-25(26,27)28/h4-11,16,20H,12-14H2,1-3H3,(H,29,32). The normalized spacial score (nSPS) is 17.9. The number of carbonyl (C=O) groups excluding carboxylic acids is 3. The third-order valence-corrected chi connectivity index (χ3v) is 5.75. The van der Waals surface area contributed by atoms with Crippen LogP contribution in [0.2, 0.25) is 0 Å². The fraction of sp³-hybridized carbons (Fsp3) is 0.400. The molecule has 0 aromatic heterocycles. The first kappa shape index (κ1) is 25.3. The van der Waals surface area contributed by atoms with Crippen molar-refractivity contribution in [2.75, 3.05) is 13.1 Å². The van der Waals surface area contributed by atoms with E-state index in [1.54, 1.807) is 51.1 Å². The largest absolute Gasteiger partial charge is 0.573 e. The number of carbonyl (C=O) groups is 3. The van der Waals surface area contributed by atoms with Crippen molar-refractivity contribution in [3.63, 3.8) is 0 Å². The number of nitrogens with zero attached hydrogens (tertiary/aromatic N) is 2. The Hall–Kier alpha value is -3.76. The SMILES string of the molecule is CC(C)(C)OC(=O)N1CC(N2C(=O)c3ccccc3C2C(=O)NCc2cccc(OC(F)(F)F)c2)C1. The van der Waals surface area contributed by atoms with Gasteiger partial charge < -0.3 is 24.6 Å². The Morgan fingerprint density at radius 1 is 1.06 bits per heavy atom. The summed E-state index contributed by atoms with van der Waals surface area (Å²) in [4.78, 5) is 41.7. The molecule has 0 bridgehead atoms. The summed E-state index contributed by atoms with van der Waals surface area (Å²) >= 11 is 0. The molecule has 2 aromatic rings. The van der Waals surface area contributed by atoms with E-state index in [0.717, 1.165) is 0 Å². The van der Waals surface area contributed by atoms with Crippen LogP contribution in [0.1, 0.15) is 48.3 Å². The van der Waals surface area contributed by atoms with Gasteiger partial charge in [-0.3, -0.25) is 9.59 Å². The third-order valence-electron chi connectivity index (χ3n) is 5.75. The van der Waals surface area contributed by atoms with E-state index < -0.39 is 41.8 Å². The first-order valence-corrected chi connectivity index (χ1v) is 11.3. The van der Waals surface area contributed by atoms with Crippen LogP contribution < -0.4 is 10.1 Å². The lowest BCUT2D eigenvalue weighted by atomic mass is 10.0. The molecule has 36 heavy (non-hydrogen) atoms. The summed E-state index contributed by atoms with van der Waals surface area (Å²) < 4.78 is 46.9. The Morgan fingerprint density at radius 3 is 2.42 bits per heavy atom. The van der Waals surface area contributed by atoms with Crippen LogP contribution in [-0.2, 0) is 16.1 Å². The van der Waals surface area contributed by atoms with Crippen molar-refractivity contribution in [2.45, 2.75) is 51.4 Å². The van der Waals surface area contributed by atoms with Crippen molar-refractivity contribution in [3.8, 4) is 5.75 Å². The first-order chi connectivity index (χ1) is 16.8.